The van der Waals surface area contributed by atoms with E-state index in [1.807, 2.05) is 17.0 Å². The lowest BCUT2D eigenvalue weighted by Crippen LogP contribution is -2.38. The highest BCUT2D eigenvalue weighted by Gasteiger charge is 2.30. The van der Waals surface area contributed by atoms with Crippen LogP contribution in [0.5, 0.6) is 0 Å². The first-order chi connectivity index (χ1) is 10.3. The highest BCUT2D eigenvalue weighted by molar-refractivity contribution is 7.91. The number of rotatable bonds is 5. The molecule has 1 fully saturated rings. The first-order valence-electron chi connectivity index (χ1n) is 7.98. The van der Waals surface area contributed by atoms with Gasteiger partial charge >= 0.3 is 0 Å². The molecule has 0 saturated carbocycles. The lowest BCUT2D eigenvalue weighted by atomic mass is 10.1. The number of benzene rings is 1. The van der Waals surface area contributed by atoms with Gasteiger partial charge in [0.25, 0.3) is 0 Å². The largest absolute Gasteiger partial charge is 0.337 e. The second kappa shape index (κ2) is 6.82. The molecule has 1 aromatic rings. The van der Waals surface area contributed by atoms with Gasteiger partial charge in [0.2, 0.25) is 5.91 Å². The second-order valence-electron chi connectivity index (χ2n) is 6.12. The minimum absolute atomic E-state index is 0.107. The molecule has 1 aliphatic heterocycles. The third-order valence-electron chi connectivity index (χ3n) is 4.53. The molecule has 5 heteroatoms. The van der Waals surface area contributed by atoms with Gasteiger partial charge in [-0.1, -0.05) is 19.1 Å². The number of sulfone groups is 1. The molecule has 22 heavy (non-hydrogen) atoms. The molecule has 1 aromatic carbocycles. The van der Waals surface area contributed by atoms with Crippen LogP contribution in [-0.4, -0.2) is 37.1 Å². The van der Waals surface area contributed by atoms with E-state index >= 15 is 0 Å². The zero-order chi connectivity index (χ0) is 16.3. The predicted octanol–water partition coefficient (Wildman–Crippen LogP) is 2.81. The molecule has 1 aliphatic rings. The van der Waals surface area contributed by atoms with E-state index in [2.05, 4.69) is 13.8 Å². The summed E-state index contributed by atoms with van der Waals surface area (Å²) in [4.78, 5) is 14.7. The zero-order valence-electron chi connectivity index (χ0n) is 13.6. The first kappa shape index (κ1) is 17.0. The van der Waals surface area contributed by atoms with Gasteiger partial charge in [0.1, 0.15) is 0 Å². The SMILES string of the molecule is CCS(=O)(=O)c1ccc(CCC(=O)N2[C@H](C)CC[C@H]2C)cc1. The van der Waals surface area contributed by atoms with Gasteiger partial charge in [-0.05, 0) is 50.8 Å². The standard InChI is InChI=1S/C17H25NO3S/c1-4-22(20,21)16-10-7-15(8-11-16)9-12-17(19)18-13(2)5-6-14(18)3/h7-8,10-11,13-14H,4-6,9,12H2,1-3H3/t13-,14-/m1/s1. The van der Waals surface area contributed by atoms with Crippen LogP contribution in [0.15, 0.2) is 29.2 Å². The summed E-state index contributed by atoms with van der Waals surface area (Å²) in [6, 6.07) is 7.57. The van der Waals surface area contributed by atoms with E-state index in [-0.39, 0.29) is 11.7 Å². The summed E-state index contributed by atoms with van der Waals surface area (Å²) in [6.45, 7) is 5.85. The topological polar surface area (TPSA) is 54.5 Å². The predicted molar refractivity (Wildman–Crippen MR) is 87.5 cm³/mol. The van der Waals surface area contributed by atoms with Crippen LogP contribution in [-0.2, 0) is 21.1 Å². The van der Waals surface area contributed by atoms with E-state index in [9.17, 15) is 13.2 Å². The number of nitrogens with zero attached hydrogens (tertiary/aromatic N) is 1. The molecule has 0 spiro atoms. The molecule has 4 nitrogen and oxygen atoms in total. The van der Waals surface area contributed by atoms with Crippen molar-refractivity contribution in [1.29, 1.82) is 0 Å². The Morgan fingerprint density at radius 2 is 1.68 bits per heavy atom. The van der Waals surface area contributed by atoms with Crippen molar-refractivity contribution in [3.8, 4) is 0 Å². The molecular weight excluding hydrogens is 298 g/mol. The summed E-state index contributed by atoms with van der Waals surface area (Å²) in [5, 5.41) is 0. The van der Waals surface area contributed by atoms with Crippen LogP contribution in [0.2, 0.25) is 0 Å². The number of likely N-dealkylation sites (tertiary alicyclic amines) is 1. The van der Waals surface area contributed by atoms with Crippen LogP contribution in [0.1, 0.15) is 45.6 Å². The summed E-state index contributed by atoms with van der Waals surface area (Å²) < 4.78 is 23.5. The molecule has 122 valence electrons. The minimum Gasteiger partial charge on any atom is -0.337 e. The van der Waals surface area contributed by atoms with Crippen molar-refractivity contribution in [2.45, 2.75) is 63.4 Å². The highest BCUT2D eigenvalue weighted by Crippen LogP contribution is 2.24. The number of amides is 1. The maximum absolute atomic E-state index is 12.3. The number of carbonyl (C=O) groups excluding carboxylic acids is 1. The minimum atomic E-state index is -3.15. The third kappa shape index (κ3) is 3.69. The van der Waals surface area contributed by atoms with Gasteiger partial charge in [-0.25, -0.2) is 8.42 Å². The average molecular weight is 323 g/mol. The number of carbonyl (C=O) groups is 1. The Hall–Kier alpha value is -1.36. The van der Waals surface area contributed by atoms with E-state index in [0.29, 0.717) is 29.8 Å². The van der Waals surface area contributed by atoms with Crippen LogP contribution in [0.25, 0.3) is 0 Å². The fourth-order valence-electron chi connectivity index (χ4n) is 3.10. The molecule has 1 amide bonds. The average Bonchev–Trinajstić information content (AvgIpc) is 2.84. The van der Waals surface area contributed by atoms with Gasteiger partial charge < -0.3 is 4.90 Å². The van der Waals surface area contributed by atoms with Gasteiger partial charge in [0.05, 0.1) is 10.6 Å². The number of hydrogen-bond acceptors (Lipinski definition) is 3. The molecule has 1 heterocycles. The van der Waals surface area contributed by atoms with Crippen LogP contribution >= 0.6 is 0 Å². The van der Waals surface area contributed by atoms with Crippen LogP contribution in [0.4, 0.5) is 0 Å². The molecule has 1 saturated heterocycles. The molecule has 0 bridgehead atoms. The highest BCUT2D eigenvalue weighted by atomic mass is 32.2. The van der Waals surface area contributed by atoms with Crippen molar-refractivity contribution in [2.24, 2.45) is 0 Å². The van der Waals surface area contributed by atoms with Gasteiger partial charge in [-0.15, -0.1) is 0 Å². The fourth-order valence-corrected chi connectivity index (χ4v) is 3.98. The lowest BCUT2D eigenvalue weighted by Gasteiger charge is -2.26. The monoisotopic (exact) mass is 323 g/mol. The van der Waals surface area contributed by atoms with Gasteiger partial charge in [0, 0.05) is 18.5 Å². The summed E-state index contributed by atoms with van der Waals surface area (Å²) in [5.41, 5.74) is 1.00. The third-order valence-corrected chi connectivity index (χ3v) is 6.28. The molecule has 0 unspecified atom stereocenters. The van der Waals surface area contributed by atoms with Gasteiger partial charge in [-0.3, -0.25) is 4.79 Å². The summed E-state index contributed by atoms with van der Waals surface area (Å²) in [6.07, 6.45) is 3.29. The Morgan fingerprint density at radius 3 is 2.18 bits per heavy atom. The molecule has 0 aromatic heterocycles. The maximum Gasteiger partial charge on any atom is 0.223 e. The Kier molecular flexibility index (Phi) is 5.27. The quantitative estimate of drug-likeness (QED) is 0.837. The Balaban J connectivity index is 1.96. The molecule has 0 N–H and O–H groups in total. The Labute approximate surface area is 133 Å². The Morgan fingerprint density at radius 1 is 1.14 bits per heavy atom. The van der Waals surface area contributed by atoms with E-state index in [4.69, 9.17) is 0 Å². The summed E-state index contributed by atoms with van der Waals surface area (Å²) in [5.74, 6) is 0.304. The van der Waals surface area contributed by atoms with Crippen LogP contribution in [0.3, 0.4) is 0 Å². The van der Waals surface area contributed by atoms with E-state index in [1.54, 1.807) is 19.1 Å². The summed E-state index contributed by atoms with van der Waals surface area (Å²) >= 11 is 0. The molecule has 2 rings (SSSR count). The lowest BCUT2D eigenvalue weighted by molar-refractivity contribution is -0.133. The van der Waals surface area contributed by atoms with Gasteiger partial charge in [-0.2, -0.15) is 0 Å². The maximum atomic E-state index is 12.3. The van der Waals surface area contributed by atoms with Gasteiger partial charge in [0.15, 0.2) is 9.84 Å². The smallest absolute Gasteiger partial charge is 0.223 e. The molecular formula is C17H25NO3S. The van der Waals surface area contributed by atoms with Crippen LogP contribution < -0.4 is 0 Å². The summed E-state index contributed by atoms with van der Waals surface area (Å²) in [7, 11) is -3.15. The second-order valence-corrected chi connectivity index (χ2v) is 8.40. The molecule has 2 atom stereocenters. The first-order valence-corrected chi connectivity index (χ1v) is 9.63. The van der Waals surface area contributed by atoms with Crippen molar-refractivity contribution in [1.82, 2.24) is 4.90 Å². The number of aryl methyl sites for hydroxylation is 1. The van der Waals surface area contributed by atoms with Crippen LogP contribution in [0, 0.1) is 0 Å². The van der Waals surface area contributed by atoms with E-state index in [0.717, 1.165) is 18.4 Å². The normalized spacial score (nSPS) is 22.0. The fraction of sp³-hybridized carbons (Fsp3) is 0.588. The van der Waals surface area contributed by atoms with Crippen molar-refractivity contribution in [3.63, 3.8) is 0 Å². The van der Waals surface area contributed by atoms with E-state index in [1.165, 1.54) is 0 Å². The molecule has 0 aliphatic carbocycles. The molecule has 0 radical (unpaired) electrons. The van der Waals surface area contributed by atoms with Crippen molar-refractivity contribution in [2.75, 3.05) is 5.75 Å². The number of hydrogen-bond donors (Lipinski definition) is 0. The Bertz CT molecular complexity index is 612. The van der Waals surface area contributed by atoms with E-state index < -0.39 is 9.84 Å². The van der Waals surface area contributed by atoms with Crippen molar-refractivity contribution < 1.29 is 13.2 Å². The zero-order valence-corrected chi connectivity index (χ0v) is 14.4. The van der Waals surface area contributed by atoms with Crippen molar-refractivity contribution in [3.05, 3.63) is 29.8 Å². The van der Waals surface area contributed by atoms with Crippen molar-refractivity contribution >= 4 is 15.7 Å².